The van der Waals surface area contributed by atoms with Gasteiger partial charge in [-0.2, -0.15) is 0 Å². The molecule has 1 amide bonds. The van der Waals surface area contributed by atoms with Gasteiger partial charge in [0.2, 0.25) is 0 Å². The predicted molar refractivity (Wildman–Crippen MR) is 71.6 cm³/mol. The molecule has 0 bridgehead atoms. The van der Waals surface area contributed by atoms with Crippen molar-refractivity contribution in [2.45, 2.75) is 32.4 Å². The van der Waals surface area contributed by atoms with Gasteiger partial charge in [-0.25, -0.2) is 0 Å². The average Bonchev–Trinajstić information content (AvgIpc) is 2.95. The number of nitrogens with two attached hydrogens (primary N) is 1. The predicted octanol–water partition coefficient (Wildman–Crippen LogP) is 1.61. The lowest BCUT2D eigenvalue weighted by Crippen LogP contribution is -2.29. The highest BCUT2D eigenvalue weighted by molar-refractivity contribution is 5.99. The molecule has 0 aliphatic heterocycles. The van der Waals surface area contributed by atoms with E-state index in [9.17, 15) is 4.79 Å². The van der Waals surface area contributed by atoms with Gasteiger partial charge in [-0.3, -0.25) is 4.79 Å². The van der Waals surface area contributed by atoms with Crippen LogP contribution in [0.5, 0.6) is 0 Å². The molecule has 4 heteroatoms. The van der Waals surface area contributed by atoms with Crippen LogP contribution >= 0.6 is 0 Å². The number of carbonyl (C=O) groups excluding carboxylic acids is 1. The minimum Gasteiger partial charge on any atom is -0.358 e. The standard InChI is InChI=1S/C14H17N3O/c1-7-8(2)16-12-4-3-9(5-10(7)12)14(18)17-13-6-11(13)15/h3-5,11,13,16H,6,15H2,1-2H3,(H,17,18). The van der Waals surface area contributed by atoms with Gasteiger partial charge >= 0.3 is 0 Å². The minimum absolute atomic E-state index is 0.0342. The first-order chi connectivity index (χ1) is 8.56. The molecule has 4 nitrogen and oxygen atoms in total. The summed E-state index contributed by atoms with van der Waals surface area (Å²) >= 11 is 0. The fourth-order valence-electron chi connectivity index (χ4n) is 2.23. The first-order valence-electron chi connectivity index (χ1n) is 6.21. The zero-order chi connectivity index (χ0) is 12.9. The van der Waals surface area contributed by atoms with Gasteiger partial charge in [0, 0.05) is 34.2 Å². The molecule has 0 saturated heterocycles. The van der Waals surface area contributed by atoms with E-state index in [2.05, 4.69) is 17.2 Å². The number of H-pyrrole nitrogens is 1. The molecule has 18 heavy (non-hydrogen) atoms. The van der Waals surface area contributed by atoms with Crippen LogP contribution < -0.4 is 11.1 Å². The van der Waals surface area contributed by atoms with Crippen LogP contribution in [-0.2, 0) is 0 Å². The Kier molecular flexibility index (Phi) is 2.41. The number of rotatable bonds is 2. The normalized spacial score (nSPS) is 22.2. The summed E-state index contributed by atoms with van der Waals surface area (Å²) in [4.78, 5) is 15.3. The van der Waals surface area contributed by atoms with E-state index in [1.807, 2.05) is 25.1 Å². The Morgan fingerprint density at radius 3 is 2.83 bits per heavy atom. The van der Waals surface area contributed by atoms with Crippen molar-refractivity contribution in [2.75, 3.05) is 0 Å². The van der Waals surface area contributed by atoms with Crippen molar-refractivity contribution in [1.29, 1.82) is 0 Å². The third-order valence-electron chi connectivity index (χ3n) is 3.73. The van der Waals surface area contributed by atoms with E-state index in [-0.39, 0.29) is 18.0 Å². The number of aryl methyl sites for hydroxylation is 2. The molecule has 94 valence electrons. The number of fused-ring (bicyclic) bond motifs is 1. The van der Waals surface area contributed by atoms with E-state index in [0.29, 0.717) is 5.56 Å². The summed E-state index contributed by atoms with van der Waals surface area (Å²) in [6.45, 7) is 4.10. The number of benzene rings is 1. The summed E-state index contributed by atoms with van der Waals surface area (Å²) in [7, 11) is 0. The van der Waals surface area contributed by atoms with E-state index in [0.717, 1.165) is 23.0 Å². The van der Waals surface area contributed by atoms with Crippen molar-refractivity contribution >= 4 is 16.8 Å². The summed E-state index contributed by atoms with van der Waals surface area (Å²) in [5.41, 5.74) is 9.80. The Balaban J connectivity index is 1.92. The van der Waals surface area contributed by atoms with Crippen molar-refractivity contribution in [3.8, 4) is 0 Å². The molecular formula is C14H17N3O. The maximum absolute atomic E-state index is 12.0. The topological polar surface area (TPSA) is 70.9 Å². The third kappa shape index (κ3) is 1.78. The molecule has 1 saturated carbocycles. The molecule has 1 aromatic heterocycles. The van der Waals surface area contributed by atoms with Crippen molar-refractivity contribution in [2.24, 2.45) is 5.73 Å². The smallest absolute Gasteiger partial charge is 0.251 e. The van der Waals surface area contributed by atoms with E-state index < -0.39 is 0 Å². The van der Waals surface area contributed by atoms with Crippen molar-refractivity contribution in [1.82, 2.24) is 10.3 Å². The number of carbonyl (C=O) groups is 1. The SMILES string of the molecule is Cc1[nH]c2ccc(C(=O)NC3CC3N)cc2c1C. The number of aromatic nitrogens is 1. The van der Waals surface area contributed by atoms with Crippen LogP contribution in [0.3, 0.4) is 0 Å². The Bertz CT molecular complexity index is 629. The second kappa shape index (κ2) is 3.85. The van der Waals surface area contributed by atoms with E-state index in [1.54, 1.807) is 0 Å². The van der Waals surface area contributed by atoms with Crippen molar-refractivity contribution < 1.29 is 4.79 Å². The Labute approximate surface area is 106 Å². The lowest BCUT2D eigenvalue weighted by atomic mass is 10.1. The molecule has 1 aromatic carbocycles. The van der Waals surface area contributed by atoms with Gasteiger partial charge in [0.15, 0.2) is 0 Å². The molecule has 0 radical (unpaired) electrons. The summed E-state index contributed by atoms with van der Waals surface area (Å²) in [5, 5.41) is 4.05. The summed E-state index contributed by atoms with van der Waals surface area (Å²) < 4.78 is 0. The molecule has 1 aliphatic rings. The lowest BCUT2D eigenvalue weighted by Gasteiger charge is -2.04. The first-order valence-corrected chi connectivity index (χ1v) is 6.21. The molecular weight excluding hydrogens is 226 g/mol. The molecule has 2 unspecified atom stereocenters. The number of nitrogens with one attached hydrogen (secondary N) is 2. The second-order valence-corrected chi connectivity index (χ2v) is 5.11. The van der Waals surface area contributed by atoms with Gasteiger partial charge in [-0.15, -0.1) is 0 Å². The van der Waals surface area contributed by atoms with Crippen LogP contribution in [0, 0.1) is 13.8 Å². The van der Waals surface area contributed by atoms with Gasteiger partial charge in [0.05, 0.1) is 0 Å². The average molecular weight is 243 g/mol. The number of hydrogen-bond acceptors (Lipinski definition) is 2. The van der Waals surface area contributed by atoms with Gasteiger partial charge < -0.3 is 16.0 Å². The Hall–Kier alpha value is -1.81. The third-order valence-corrected chi connectivity index (χ3v) is 3.73. The quantitative estimate of drug-likeness (QED) is 0.750. The van der Waals surface area contributed by atoms with E-state index >= 15 is 0 Å². The van der Waals surface area contributed by atoms with Crippen LogP contribution in [0.1, 0.15) is 28.0 Å². The van der Waals surface area contributed by atoms with Crippen LogP contribution in [-0.4, -0.2) is 23.0 Å². The highest BCUT2D eigenvalue weighted by Gasteiger charge is 2.34. The van der Waals surface area contributed by atoms with Crippen LogP contribution in [0.25, 0.3) is 10.9 Å². The molecule has 3 rings (SSSR count). The van der Waals surface area contributed by atoms with Gasteiger partial charge in [0.1, 0.15) is 0 Å². The molecule has 2 aromatic rings. The monoisotopic (exact) mass is 243 g/mol. The van der Waals surface area contributed by atoms with Crippen molar-refractivity contribution in [3.63, 3.8) is 0 Å². The molecule has 1 heterocycles. The number of aromatic amines is 1. The minimum atomic E-state index is -0.0342. The van der Waals surface area contributed by atoms with Gasteiger partial charge in [-0.1, -0.05) is 0 Å². The van der Waals surface area contributed by atoms with Crippen LogP contribution in [0.2, 0.25) is 0 Å². The number of amides is 1. The maximum Gasteiger partial charge on any atom is 0.251 e. The summed E-state index contributed by atoms with van der Waals surface area (Å²) in [5.74, 6) is -0.0342. The zero-order valence-corrected chi connectivity index (χ0v) is 10.6. The number of hydrogen-bond donors (Lipinski definition) is 3. The van der Waals surface area contributed by atoms with Gasteiger partial charge in [0.25, 0.3) is 5.91 Å². The van der Waals surface area contributed by atoms with E-state index in [1.165, 1.54) is 5.56 Å². The van der Waals surface area contributed by atoms with Crippen LogP contribution in [0.4, 0.5) is 0 Å². The molecule has 1 aliphatic carbocycles. The van der Waals surface area contributed by atoms with Crippen molar-refractivity contribution in [3.05, 3.63) is 35.0 Å². The molecule has 4 N–H and O–H groups in total. The maximum atomic E-state index is 12.0. The first kappa shape index (κ1) is 11.3. The highest BCUT2D eigenvalue weighted by atomic mass is 16.1. The Morgan fingerprint density at radius 1 is 1.44 bits per heavy atom. The molecule has 0 spiro atoms. The fourth-order valence-corrected chi connectivity index (χ4v) is 2.23. The van der Waals surface area contributed by atoms with Crippen LogP contribution in [0.15, 0.2) is 18.2 Å². The van der Waals surface area contributed by atoms with E-state index in [4.69, 9.17) is 5.73 Å². The summed E-state index contributed by atoms with van der Waals surface area (Å²) in [6, 6.07) is 6.03. The zero-order valence-electron chi connectivity index (χ0n) is 10.6. The molecule has 2 atom stereocenters. The Morgan fingerprint density at radius 2 is 2.17 bits per heavy atom. The largest absolute Gasteiger partial charge is 0.358 e. The van der Waals surface area contributed by atoms with Gasteiger partial charge in [-0.05, 0) is 44.0 Å². The molecule has 1 fully saturated rings. The highest BCUT2D eigenvalue weighted by Crippen LogP contribution is 2.23. The second-order valence-electron chi connectivity index (χ2n) is 5.11. The lowest BCUT2D eigenvalue weighted by molar-refractivity contribution is 0.0950. The summed E-state index contributed by atoms with van der Waals surface area (Å²) in [6.07, 6.45) is 0.885. The fraction of sp³-hybridized carbons (Fsp3) is 0.357.